The van der Waals surface area contributed by atoms with Gasteiger partial charge in [0.15, 0.2) is 0 Å². The molecule has 1 unspecified atom stereocenters. The minimum absolute atomic E-state index is 0.708. The molecule has 48 valence electrons. The van der Waals surface area contributed by atoms with Crippen molar-refractivity contribution in [3.63, 3.8) is 0 Å². The molecule has 0 saturated carbocycles. The molecule has 1 aliphatic carbocycles. The quantitative estimate of drug-likeness (QED) is 0.517. The van der Waals surface area contributed by atoms with Gasteiger partial charge >= 0.3 is 0 Å². The molecule has 0 bridgehead atoms. The Hall–Kier alpha value is 0.530. The second-order valence-corrected chi connectivity index (χ2v) is 6.26. The van der Waals surface area contributed by atoms with Crippen LogP contribution in [-0.4, -0.2) is 5.25 Å². The number of hydrogen-bond donors (Lipinski definition) is 0. The minimum Gasteiger partial charge on any atom is -0.0689 e. The molecule has 1 fully saturated rings. The highest BCUT2D eigenvalue weighted by atomic mass is 33.5. The smallest absolute Gasteiger partial charge is 0.0687 e. The highest BCUT2D eigenvalue weighted by molar-refractivity contribution is 9.11. The van der Waals surface area contributed by atoms with Gasteiger partial charge in [0.25, 0.3) is 0 Å². The summed E-state index contributed by atoms with van der Waals surface area (Å²) < 4.78 is 0. The van der Waals surface area contributed by atoms with Crippen molar-refractivity contribution in [3.05, 3.63) is 22.6 Å². The van der Waals surface area contributed by atoms with Crippen LogP contribution >= 0.6 is 31.4 Å². The zero-order chi connectivity index (χ0) is 6.27. The van der Waals surface area contributed by atoms with Crippen molar-refractivity contribution >= 4 is 31.4 Å². The average Bonchev–Trinajstić information content (AvgIpc) is 2.35. The molecule has 2 rings (SSSR count). The Morgan fingerprint density at radius 1 is 1.44 bits per heavy atom. The van der Waals surface area contributed by atoms with Crippen molar-refractivity contribution in [2.24, 2.45) is 0 Å². The van der Waals surface area contributed by atoms with Crippen LogP contribution in [0, 0.1) is 0 Å². The van der Waals surface area contributed by atoms with Gasteiger partial charge in [-0.3, -0.25) is 0 Å². The second-order valence-electron chi connectivity index (χ2n) is 2.11. The van der Waals surface area contributed by atoms with Crippen LogP contribution in [0.4, 0.5) is 0 Å². The lowest BCUT2D eigenvalue weighted by molar-refractivity contribution is 1.27. The van der Waals surface area contributed by atoms with Crippen molar-refractivity contribution < 1.29 is 0 Å². The number of rotatable bonds is 0. The van der Waals surface area contributed by atoms with E-state index in [1.54, 1.807) is 0 Å². The minimum atomic E-state index is 0.708. The number of allylic oxidation sites excluding steroid dienone is 2. The lowest BCUT2D eigenvalue weighted by atomic mass is 10.3. The van der Waals surface area contributed by atoms with E-state index in [0.29, 0.717) is 5.25 Å². The zero-order valence-electron chi connectivity index (χ0n) is 4.96. The Labute approximate surface area is 66.3 Å². The van der Waals surface area contributed by atoms with Gasteiger partial charge in [0, 0.05) is 4.91 Å². The normalized spacial score (nSPS) is 31.9. The summed E-state index contributed by atoms with van der Waals surface area (Å²) in [5, 5.41) is 0.708. The van der Waals surface area contributed by atoms with Gasteiger partial charge in [-0.1, -0.05) is 28.5 Å². The first-order valence-electron chi connectivity index (χ1n) is 2.76. The maximum absolute atomic E-state index is 2.23. The molecule has 3 heteroatoms. The first kappa shape index (κ1) is 6.25. The van der Waals surface area contributed by atoms with Crippen molar-refractivity contribution in [3.8, 4) is 0 Å². The van der Waals surface area contributed by atoms with Crippen LogP contribution < -0.4 is 0 Å². The van der Waals surface area contributed by atoms with Gasteiger partial charge in [0.1, 0.15) is 0 Å². The molecule has 0 nitrogen and oxygen atoms in total. The van der Waals surface area contributed by atoms with Crippen LogP contribution in [0.25, 0.3) is 0 Å². The molecule has 0 aromatic carbocycles. The van der Waals surface area contributed by atoms with E-state index in [0.717, 1.165) is 0 Å². The molecule has 1 atom stereocenters. The topological polar surface area (TPSA) is 0 Å². The fraction of sp³-hybridized carbons (Fsp3) is 0.333. The summed E-state index contributed by atoms with van der Waals surface area (Å²) in [4.78, 5) is 1.53. The molecule has 9 heavy (non-hydrogen) atoms. The molecule has 0 aromatic rings. The third kappa shape index (κ3) is 0.954. The largest absolute Gasteiger partial charge is 0.0689 e. The molecule has 0 amide bonds. The van der Waals surface area contributed by atoms with E-state index in [2.05, 4.69) is 19.1 Å². The van der Waals surface area contributed by atoms with E-state index in [9.17, 15) is 0 Å². The Morgan fingerprint density at radius 2 is 2.33 bits per heavy atom. The molecular weight excluding hydrogens is 168 g/mol. The van der Waals surface area contributed by atoms with Crippen molar-refractivity contribution in [1.29, 1.82) is 0 Å². The lowest BCUT2D eigenvalue weighted by Crippen LogP contribution is -1.94. The predicted octanol–water partition coefficient (Wildman–Crippen LogP) is 3.24. The standard InChI is InChI=1S/C6H6S3/c1-4-2-3-5-6(4)8-9-7-5/h2-3,6H,1H3. The summed E-state index contributed by atoms with van der Waals surface area (Å²) in [7, 11) is 5.76. The Morgan fingerprint density at radius 3 is 3.11 bits per heavy atom. The third-order valence-electron chi connectivity index (χ3n) is 1.45. The van der Waals surface area contributed by atoms with Gasteiger partial charge in [-0.25, -0.2) is 0 Å². The maximum atomic E-state index is 2.23. The van der Waals surface area contributed by atoms with Gasteiger partial charge in [-0.15, -0.1) is 0 Å². The van der Waals surface area contributed by atoms with Crippen LogP contribution in [0.5, 0.6) is 0 Å². The molecule has 0 N–H and O–H groups in total. The lowest BCUT2D eigenvalue weighted by Gasteiger charge is -2.01. The average molecular weight is 174 g/mol. The number of hydrogen-bond acceptors (Lipinski definition) is 3. The molecular formula is C6H6S3. The van der Waals surface area contributed by atoms with E-state index in [1.165, 1.54) is 10.5 Å². The van der Waals surface area contributed by atoms with E-state index in [-0.39, 0.29) is 0 Å². The Kier molecular flexibility index (Phi) is 1.59. The molecule has 0 aromatic heterocycles. The second kappa shape index (κ2) is 2.29. The Balaban J connectivity index is 2.28. The summed E-state index contributed by atoms with van der Waals surface area (Å²) in [5.74, 6) is 0. The molecule has 2 aliphatic rings. The summed E-state index contributed by atoms with van der Waals surface area (Å²) in [6.07, 6.45) is 4.46. The van der Waals surface area contributed by atoms with Gasteiger partial charge < -0.3 is 0 Å². The van der Waals surface area contributed by atoms with Crippen LogP contribution in [0.3, 0.4) is 0 Å². The monoisotopic (exact) mass is 174 g/mol. The van der Waals surface area contributed by atoms with E-state index in [4.69, 9.17) is 0 Å². The van der Waals surface area contributed by atoms with Gasteiger partial charge in [0.2, 0.25) is 0 Å². The molecule has 1 heterocycles. The fourth-order valence-electron chi connectivity index (χ4n) is 0.906. The van der Waals surface area contributed by atoms with Crippen LogP contribution in [0.15, 0.2) is 22.6 Å². The third-order valence-corrected chi connectivity index (χ3v) is 6.04. The fourth-order valence-corrected chi connectivity index (χ4v) is 6.14. The van der Waals surface area contributed by atoms with E-state index in [1.807, 2.05) is 31.4 Å². The van der Waals surface area contributed by atoms with Gasteiger partial charge in [0.05, 0.1) is 5.25 Å². The van der Waals surface area contributed by atoms with Gasteiger partial charge in [-0.05, 0) is 27.5 Å². The van der Waals surface area contributed by atoms with Crippen LogP contribution in [-0.2, 0) is 0 Å². The number of fused-ring (bicyclic) bond motifs is 1. The van der Waals surface area contributed by atoms with Crippen molar-refractivity contribution in [1.82, 2.24) is 0 Å². The van der Waals surface area contributed by atoms with Crippen molar-refractivity contribution in [2.45, 2.75) is 12.2 Å². The predicted molar refractivity (Wildman–Crippen MR) is 48.4 cm³/mol. The highest BCUT2D eigenvalue weighted by Crippen LogP contribution is 2.58. The van der Waals surface area contributed by atoms with E-state index >= 15 is 0 Å². The highest BCUT2D eigenvalue weighted by Gasteiger charge is 2.27. The van der Waals surface area contributed by atoms with Crippen LogP contribution in [0.2, 0.25) is 0 Å². The summed E-state index contributed by atoms with van der Waals surface area (Å²) in [6, 6.07) is 0. The molecule has 1 saturated heterocycles. The molecule has 0 radical (unpaired) electrons. The zero-order valence-corrected chi connectivity index (χ0v) is 7.41. The molecule has 0 spiro atoms. The summed E-state index contributed by atoms with van der Waals surface area (Å²) >= 11 is 0. The first-order valence-corrected chi connectivity index (χ1v) is 6.31. The molecule has 1 aliphatic heterocycles. The van der Waals surface area contributed by atoms with Crippen LogP contribution in [0.1, 0.15) is 6.92 Å². The Bertz CT molecular complexity index is 192. The summed E-state index contributed by atoms with van der Waals surface area (Å²) in [5.41, 5.74) is 1.51. The maximum Gasteiger partial charge on any atom is 0.0687 e. The summed E-state index contributed by atoms with van der Waals surface area (Å²) in [6.45, 7) is 2.20. The SMILES string of the molecule is CC1=CC=C2SSSC12. The first-order chi connectivity index (χ1) is 4.38. The van der Waals surface area contributed by atoms with Gasteiger partial charge in [-0.2, -0.15) is 0 Å². The van der Waals surface area contributed by atoms with E-state index < -0.39 is 0 Å². The van der Waals surface area contributed by atoms with Crippen molar-refractivity contribution in [2.75, 3.05) is 0 Å².